The second-order valence-corrected chi connectivity index (χ2v) is 4.57. The zero-order chi connectivity index (χ0) is 14.7. The van der Waals surface area contributed by atoms with E-state index in [-0.39, 0.29) is 21.4 Å². The van der Waals surface area contributed by atoms with Gasteiger partial charge in [-0.2, -0.15) is 0 Å². The van der Waals surface area contributed by atoms with Gasteiger partial charge in [-0.05, 0) is 36.4 Å². The van der Waals surface area contributed by atoms with E-state index in [9.17, 15) is 14.0 Å². The van der Waals surface area contributed by atoms with Gasteiger partial charge in [0.2, 0.25) is 0 Å². The monoisotopic (exact) mass is 312 g/mol. The number of halogens is 3. The Morgan fingerprint density at radius 1 is 0.950 bits per heavy atom. The summed E-state index contributed by atoms with van der Waals surface area (Å²) in [5.41, 5.74) is 0.261. The first-order chi connectivity index (χ1) is 9.45. The Balaban J connectivity index is 2.15. The minimum atomic E-state index is -0.675. The lowest BCUT2D eigenvalue weighted by atomic mass is 10.2. The standard InChI is InChI=1S/C13H7Cl2FN2O2/c14-10-5-8(6-11(15)17-10)13(20)18-12(19)7-1-3-9(16)4-2-7/h1-6H,(H,18,19,20). The maximum Gasteiger partial charge on any atom is 0.258 e. The molecule has 20 heavy (non-hydrogen) atoms. The third kappa shape index (κ3) is 3.53. The van der Waals surface area contributed by atoms with Crippen molar-refractivity contribution < 1.29 is 14.0 Å². The molecule has 0 spiro atoms. The first-order valence-corrected chi connectivity index (χ1v) is 6.15. The summed E-state index contributed by atoms with van der Waals surface area (Å²) in [6.45, 7) is 0. The number of nitrogens with zero attached hydrogens (tertiary/aromatic N) is 1. The Kier molecular flexibility index (Phi) is 4.32. The average Bonchev–Trinajstić information content (AvgIpc) is 2.38. The van der Waals surface area contributed by atoms with Gasteiger partial charge in [-0.1, -0.05) is 23.2 Å². The molecule has 0 aliphatic rings. The molecule has 0 fully saturated rings. The van der Waals surface area contributed by atoms with Crippen molar-refractivity contribution in [2.24, 2.45) is 0 Å². The Bertz CT molecular complexity index is 654. The predicted octanol–water partition coefficient (Wildman–Crippen LogP) is 3.10. The van der Waals surface area contributed by atoms with Gasteiger partial charge in [-0.15, -0.1) is 0 Å². The Morgan fingerprint density at radius 3 is 2.00 bits per heavy atom. The molecule has 4 nitrogen and oxygen atoms in total. The van der Waals surface area contributed by atoms with Gasteiger partial charge in [0, 0.05) is 11.1 Å². The first kappa shape index (κ1) is 14.4. The summed E-state index contributed by atoms with van der Waals surface area (Å²) >= 11 is 11.3. The van der Waals surface area contributed by atoms with Gasteiger partial charge >= 0.3 is 0 Å². The summed E-state index contributed by atoms with van der Waals surface area (Å²) in [6, 6.07) is 7.34. The highest BCUT2D eigenvalue weighted by Crippen LogP contribution is 2.14. The van der Waals surface area contributed by atoms with Crippen LogP contribution in [0.2, 0.25) is 10.3 Å². The van der Waals surface area contributed by atoms with Crippen LogP contribution in [0, 0.1) is 5.82 Å². The fraction of sp³-hybridized carbons (Fsp3) is 0. The number of hydrogen-bond donors (Lipinski definition) is 1. The molecule has 0 unspecified atom stereocenters. The second-order valence-electron chi connectivity index (χ2n) is 3.79. The van der Waals surface area contributed by atoms with Crippen LogP contribution in [0.25, 0.3) is 0 Å². The summed E-state index contributed by atoms with van der Waals surface area (Å²) in [7, 11) is 0. The number of carbonyl (C=O) groups is 2. The first-order valence-electron chi connectivity index (χ1n) is 5.40. The Morgan fingerprint density at radius 2 is 1.45 bits per heavy atom. The zero-order valence-corrected chi connectivity index (χ0v) is 11.4. The molecule has 2 amide bonds. The van der Waals surface area contributed by atoms with Crippen LogP contribution in [0.1, 0.15) is 20.7 Å². The average molecular weight is 313 g/mol. The highest BCUT2D eigenvalue weighted by molar-refractivity contribution is 6.33. The van der Waals surface area contributed by atoms with E-state index in [2.05, 4.69) is 10.3 Å². The lowest BCUT2D eigenvalue weighted by molar-refractivity contribution is 0.0849. The lowest BCUT2D eigenvalue weighted by Crippen LogP contribution is -2.30. The zero-order valence-electron chi connectivity index (χ0n) is 9.86. The minimum absolute atomic E-state index is 0.0388. The van der Waals surface area contributed by atoms with E-state index in [4.69, 9.17) is 23.2 Å². The van der Waals surface area contributed by atoms with Crippen molar-refractivity contribution >= 4 is 35.0 Å². The topological polar surface area (TPSA) is 59.1 Å². The van der Waals surface area contributed by atoms with Crippen molar-refractivity contribution in [3.05, 3.63) is 63.6 Å². The number of hydrogen-bond acceptors (Lipinski definition) is 3. The smallest absolute Gasteiger partial charge is 0.258 e. The number of benzene rings is 1. The Labute approximate surface area is 123 Å². The highest BCUT2D eigenvalue weighted by Gasteiger charge is 2.13. The molecular weight excluding hydrogens is 306 g/mol. The summed E-state index contributed by atoms with van der Waals surface area (Å²) in [4.78, 5) is 27.3. The van der Waals surface area contributed by atoms with E-state index in [0.717, 1.165) is 12.1 Å². The van der Waals surface area contributed by atoms with Crippen LogP contribution < -0.4 is 5.32 Å². The molecule has 0 aliphatic carbocycles. The molecule has 0 aliphatic heterocycles. The quantitative estimate of drug-likeness (QED) is 0.684. The minimum Gasteiger partial charge on any atom is -0.288 e. The van der Waals surface area contributed by atoms with E-state index in [0.29, 0.717) is 0 Å². The predicted molar refractivity (Wildman–Crippen MR) is 72.5 cm³/mol. The van der Waals surface area contributed by atoms with Gasteiger partial charge in [0.15, 0.2) is 0 Å². The SMILES string of the molecule is O=C(NC(=O)c1cc(Cl)nc(Cl)c1)c1ccc(F)cc1. The molecule has 2 rings (SSSR count). The van der Waals surface area contributed by atoms with Gasteiger partial charge in [0.1, 0.15) is 16.1 Å². The number of rotatable bonds is 2. The molecule has 0 atom stereocenters. The van der Waals surface area contributed by atoms with Crippen molar-refractivity contribution in [1.29, 1.82) is 0 Å². The molecule has 0 bridgehead atoms. The van der Waals surface area contributed by atoms with Crippen molar-refractivity contribution in [1.82, 2.24) is 10.3 Å². The van der Waals surface area contributed by atoms with Crippen molar-refractivity contribution in [2.45, 2.75) is 0 Å². The molecule has 0 saturated carbocycles. The van der Waals surface area contributed by atoms with E-state index in [1.807, 2.05) is 0 Å². The maximum absolute atomic E-state index is 12.7. The molecule has 1 aromatic heterocycles. The van der Waals surface area contributed by atoms with Crippen LogP contribution in [-0.2, 0) is 0 Å². The molecule has 0 saturated heterocycles. The van der Waals surface area contributed by atoms with Crippen molar-refractivity contribution in [2.75, 3.05) is 0 Å². The molecule has 1 heterocycles. The number of pyridine rings is 1. The molecule has 7 heteroatoms. The van der Waals surface area contributed by atoms with Gasteiger partial charge < -0.3 is 0 Å². The molecule has 1 N–H and O–H groups in total. The van der Waals surface area contributed by atoms with E-state index >= 15 is 0 Å². The van der Waals surface area contributed by atoms with E-state index in [1.165, 1.54) is 24.3 Å². The van der Waals surface area contributed by atoms with Gasteiger partial charge in [-0.25, -0.2) is 9.37 Å². The number of nitrogens with one attached hydrogen (secondary N) is 1. The largest absolute Gasteiger partial charge is 0.288 e. The van der Waals surface area contributed by atoms with Crippen molar-refractivity contribution in [3.8, 4) is 0 Å². The summed E-state index contributed by atoms with van der Waals surface area (Å²) < 4.78 is 12.7. The van der Waals surface area contributed by atoms with Gasteiger partial charge in [0.25, 0.3) is 11.8 Å². The fourth-order valence-electron chi connectivity index (χ4n) is 1.44. The molecule has 102 valence electrons. The van der Waals surface area contributed by atoms with E-state index < -0.39 is 17.6 Å². The van der Waals surface area contributed by atoms with Gasteiger partial charge in [0.05, 0.1) is 0 Å². The number of amides is 2. The molecule has 0 radical (unpaired) electrons. The van der Waals surface area contributed by atoms with Crippen LogP contribution in [0.3, 0.4) is 0 Å². The third-order valence-corrected chi connectivity index (χ3v) is 2.75. The highest BCUT2D eigenvalue weighted by atomic mass is 35.5. The molecular formula is C13H7Cl2FN2O2. The molecule has 2 aromatic rings. The van der Waals surface area contributed by atoms with E-state index in [1.54, 1.807) is 0 Å². The van der Waals surface area contributed by atoms with Crippen LogP contribution >= 0.6 is 23.2 Å². The summed E-state index contributed by atoms with van der Waals surface area (Å²) in [5, 5.41) is 2.22. The molecule has 1 aromatic carbocycles. The fourth-order valence-corrected chi connectivity index (χ4v) is 1.91. The van der Waals surface area contributed by atoms with Crippen LogP contribution in [0.5, 0.6) is 0 Å². The number of imide groups is 1. The summed E-state index contributed by atoms with van der Waals surface area (Å²) in [5.74, 6) is -1.80. The normalized spacial score (nSPS) is 10.2. The number of carbonyl (C=O) groups excluding carboxylic acids is 2. The Hall–Kier alpha value is -1.98. The van der Waals surface area contributed by atoms with Gasteiger partial charge in [-0.3, -0.25) is 14.9 Å². The van der Waals surface area contributed by atoms with Crippen LogP contribution in [0.15, 0.2) is 36.4 Å². The maximum atomic E-state index is 12.7. The lowest BCUT2D eigenvalue weighted by Gasteiger charge is -2.05. The van der Waals surface area contributed by atoms with Crippen LogP contribution in [0.4, 0.5) is 4.39 Å². The second kappa shape index (κ2) is 5.98. The van der Waals surface area contributed by atoms with Crippen LogP contribution in [-0.4, -0.2) is 16.8 Å². The summed E-state index contributed by atoms with van der Waals surface area (Å²) in [6.07, 6.45) is 0. The van der Waals surface area contributed by atoms with Crippen molar-refractivity contribution in [3.63, 3.8) is 0 Å². The number of aromatic nitrogens is 1. The third-order valence-electron chi connectivity index (χ3n) is 2.36.